The number of nitrogens with zero attached hydrogens (tertiary/aromatic N) is 2. The molecule has 2 N–H and O–H groups in total. The molecule has 0 saturated carbocycles. The van der Waals surface area contributed by atoms with Crippen LogP contribution in [-0.4, -0.2) is 22.2 Å². The fourth-order valence-electron chi connectivity index (χ4n) is 1.95. The second-order valence-corrected chi connectivity index (χ2v) is 5.02. The summed E-state index contributed by atoms with van der Waals surface area (Å²) in [5, 5.41) is 0. The largest absolute Gasteiger partial charge is 0.377 e. The lowest BCUT2D eigenvalue weighted by Gasteiger charge is -2.21. The first-order valence-corrected chi connectivity index (χ1v) is 5.73. The number of aromatic nitrogens is 2. The minimum Gasteiger partial charge on any atom is -0.377 e. The van der Waals surface area contributed by atoms with Gasteiger partial charge in [0.15, 0.2) is 0 Å². The van der Waals surface area contributed by atoms with Crippen molar-refractivity contribution in [3.8, 4) is 0 Å². The van der Waals surface area contributed by atoms with E-state index in [4.69, 9.17) is 10.5 Å². The highest BCUT2D eigenvalue weighted by Gasteiger charge is 2.17. The summed E-state index contributed by atoms with van der Waals surface area (Å²) >= 11 is 0. The first-order valence-electron chi connectivity index (χ1n) is 5.73. The molecule has 0 amide bonds. The molecule has 0 spiro atoms. The van der Waals surface area contributed by atoms with Crippen LogP contribution in [0.25, 0.3) is 11.0 Å². The predicted octanol–water partition coefficient (Wildman–Crippen LogP) is 1.92. The summed E-state index contributed by atoms with van der Waals surface area (Å²) < 4.78 is 7.33. The third kappa shape index (κ3) is 2.65. The summed E-state index contributed by atoms with van der Waals surface area (Å²) in [6, 6.07) is 8.08. The van der Waals surface area contributed by atoms with E-state index in [2.05, 4.69) is 15.6 Å². The maximum absolute atomic E-state index is 6.09. The Morgan fingerprint density at radius 3 is 2.71 bits per heavy atom. The third-order valence-corrected chi connectivity index (χ3v) is 2.57. The summed E-state index contributed by atoms with van der Waals surface area (Å²) in [5.74, 6) is 0.923. The van der Waals surface area contributed by atoms with Crippen molar-refractivity contribution in [2.24, 2.45) is 5.73 Å². The maximum atomic E-state index is 6.09. The lowest BCUT2D eigenvalue weighted by Crippen LogP contribution is -2.37. The molecule has 0 aliphatic carbocycles. The Balaban J connectivity index is 2.51. The zero-order chi connectivity index (χ0) is 12.5. The number of benzene rings is 1. The zero-order valence-electron chi connectivity index (χ0n) is 10.6. The molecule has 0 atom stereocenters. The molecule has 2 rings (SSSR count). The minimum absolute atomic E-state index is 0.272. The second kappa shape index (κ2) is 4.47. The number of hydrogen-bond acceptors (Lipinski definition) is 3. The summed E-state index contributed by atoms with van der Waals surface area (Å²) in [6.45, 7) is 5.26. The van der Waals surface area contributed by atoms with Crippen LogP contribution in [0.15, 0.2) is 24.3 Å². The Bertz CT molecular complexity index is 511. The van der Waals surface area contributed by atoms with Gasteiger partial charge in [0.05, 0.1) is 11.0 Å². The van der Waals surface area contributed by atoms with E-state index in [1.165, 1.54) is 0 Å². The van der Waals surface area contributed by atoms with E-state index in [9.17, 15) is 0 Å². The van der Waals surface area contributed by atoms with E-state index in [1.54, 1.807) is 7.11 Å². The van der Waals surface area contributed by atoms with Crippen molar-refractivity contribution in [1.82, 2.24) is 9.55 Å². The standard InChI is InChI=1S/C13H19N3O/c1-13(2,14)9-16-11-7-5-4-6-10(11)15-12(16)8-17-3/h4-7H,8-9,14H2,1-3H3. The van der Waals surface area contributed by atoms with Crippen LogP contribution >= 0.6 is 0 Å². The van der Waals surface area contributed by atoms with Crippen LogP contribution in [0.2, 0.25) is 0 Å². The molecule has 1 aromatic heterocycles. The molecule has 4 heteroatoms. The second-order valence-electron chi connectivity index (χ2n) is 5.02. The van der Waals surface area contributed by atoms with Gasteiger partial charge in [-0.05, 0) is 26.0 Å². The van der Waals surface area contributed by atoms with Crippen molar-refractivity contribution in [2.45, 2.75) is 32.5 Å². The van der Waals surface area contributed by atoms with Crippen LogP contribution in [0.1, 0.15) is 19.7 Å². The maximum Gasteiger partial charge on any atom is 0.136 e. The molecule has 0 radical (unpaired) electrons. The Hall–Kier alpha value is -1.39. The topological polar surface area (TPSA) is 53.1 Å². The van der Waals surface area contributed by atoms with E-state index < -0.39 is 0 Å². The van der Waals surface area contributed by atoms with Crippen molar-refractivity contribution in [2.75, 3.05) is 7.11 Å². The number of methoxy groups -OCH3 is 1. The average Bonchev–Trinajstić information content (AvgIpc) is 2.56. The molecule has 92 valence electrons. The Labute approximate surface area is 101 Å². The van der Waals surface area contributed by atoms with Gasteiger partial charge in [-0.1, -0.05) is 12.1 Å². The summed E-state index contributed by atoms with van der Waals surface area (Å²) in [5.41, 5.74) is 7.92. The number of fused-ring (bicyclic) bond motifs is 1. The smallest absolute Gasteiger partial charge is 0.136 e. The number of rotatable bonds is 4. The van der Waals surface area contributed by atoms with Crippen LogP contribution in [0.5, 0.6) is 0 Å². The van der Waals surface area contributed by atoms with Crippen LogP contribution in [-0.2, 0) is 17.9 Å². The average molecular weight is 233 g/mol. The highest BCUT2D eigenvalue weighted by atomic mass is 16.5. The first kappa shape index (κ1) is 12.1. The molecular formula is C13H19N3O. The minimum atomic E-state index is -0.272. The molecule has 0 unspecified atom stereocenters. The SMILES string of the molecule is COCc1nc2ccccc2n1CC(C)(C)N. The molecule has 1 heterocycles. The van der Waals surface area contributed by atoms with Crippen molar-refractivity contribution in [1.29, 1.82) is 0 Å². The summed E-state index contributed by atoms with van der Waals surface area (Å²) in [6.07, 6.45) is 0. The van der Waals surface area contributed by atoms with Crippen LogP contribution < -0.4 is 5.73 Å². The molecule has 0 saturated heterocycles. The monoisotopic (exact) mass is 233 g/mol. The van der Waals surface area contributed by atoms with Gasteiger partial charge >= 0.3 is 0 Å². The van der Waals surface area contributed by atoms with Crippen molar-refractivity contribution >= 4 is 11.0 Å². The van der Waals surface area contributed by atoms with Gasteiger partial charge in [0.2, 0.25) is 0 Å². The van der Waals surface area contributed by atoms with Gasteiger partial charge in [-0.3, -0.25) is 0 Å². The van der Waals surface area contributed by atoms with Gasteiger partial charge in [0, 0.05) is 19.2 Å². The van der Waals surface area contributed by atoms with E-state index >= 15 is 0 Å². The number of para-hydroxylation sites is 2. The highest BCUT2D eigenvalue weighted by Crippen LogP contribution is 2.18. The molecule has 0 fully saturated rings. The number of nitrogens with two attached hydrogens (primary N) is 1. The van der Waals surface area contributed by atoms with Gasteiger partial charge < -0.3 is 15.0 Å². The molecule has 4 nitrogen and oxygen atoms in total. The van der Waals surface area contributed by atoms with E-state index in [0.29, 0.717) is 6.61 Å². The van der Waals surface area contributed by atoms with E-state index in [1.807, 2.05) is 32.0 Å². The zero-order valence-corrected chi connectivity index (χ0v) is 10.6. The molecule has 0 bridgehead atoms. The molecule has 2 aromatic rings. The van der Waals surface area contributed by atoms with Crippen LogP contribution in [0, 0.1) is 0 Å². The molecule has 1 aromatic carbocycles. The Morgan fingerprint density at radius 2 is 2.06 bits per heavy atom. The normalized spacial score (nSPS) is 12.2. The Kier molecular flexibility index (Phi) is 3.17. The van der Waals surface area contributed by atoms with Gasteiger partial charge in [0.25, 0.3) is 0 Å². The third-order valence-electron chi connectivity index (χ3n) is 2.57. The van der Waals surface area contributed by atoms with Crippen LogP contribution in [0.3, 0.4) is 0 Å². The Morgan fingerprint density at radius 1 is 1.35 bits per heavy atom. The lowest BCUT2D eigenvalue weighted by molar-refractivity contribution is 0.173. The fraction of sp³-hybridized carbons (Fsp3) is 0.462. The molecular weight excluding hydrogens is 214 g/mol. The summed E-state index contributed by atoms with van der Waals surface area (Å²) in [7, 11) is 1.68. The highest BCUT2D eigenvalue weighted by molar-refractivity contribution is 5.75. The van der Waals surface area contributed by atoms with Gasteiger partial charge in [0.1, 0.15) is 12.4 Å². The lowest BCUT2D eigenvalue weighted by atomic mass is 10.1. The first-order chi connectivity index (χ1) is 8.01. The van der Waals surface area contributed by atoms with Crippen molar-refractivity contribution in [3.63, 3.8) is 0 Å². The van der Waals surface area contributed by atoms with Crippen molar-refractivity contribution < 1.29 is 4.74 Å². The fourth-order valence-corrected chi connectivity index (χ4v) is 1.95. The number of ether oxygens (including phenoxy) is 1. The molecule has 17 heavy (non-hydrogen) atoms. The number of imidazole rings is 1. The predicted molar refractivity (Wildman–Crippen MR) is 68.7 cm³/mol. The number of hydrogen-bond donors (Lipinski definition) is 1. The molecule has 0 aliphatic rings. The van der Waals surface area contributed by atoms with Crippen molar-refractivity contribution in [3.05, 3.63) is 30.1 Å². The quantitative estimate of drug-likeness (QED) is 0.877. The van der Waals surface area contributed by atoms with Gasteiger partial charge in [-0.15, -0.1) is 0 Å². The van der Waals surface area contributed by atoms with E-state index in [-0.39, 0.29) is 5.54 Å². The van der Waals surface area contributed by atoms with Gasteiger partial charge in [-0.2, -0.15) is 0 Å². The van der Waals surface area contributed by atoms with Crippen LogP contribution in [0.4, 0.5) is 0 Å². The summed E-state index contributed by atoms with van der Waals surface area (Å²) in [4.78, 5) is 4.57. The van der Waals surface area contributed by atoms with Gasteiger partial charge in [-0.25, -0.2) is 4.98 Å². The van der Waals surface area contributed by atoms with E-state index in [0.717, 1.165) is 23.4 Å². The molecule has 0 aliphatic heterocycles.